The number of Topliss-reactive ketones (excluding diaryl/α,β-unsaturated/α-hetero) is 1. The minimum atomic E-state index is 0.476. The van der Waals surface area contributed by atoms with Crippen LogP contribution in [0.15, 0.2) is 11.1 Å². The molecule has 0 aromatic heterocycles. The third kappa shape index (κ3) is 1.92. The van der Waals surface area contributed by atoms with Crippen LogP contribution >= 0.6 is 0 Å². The Hall–Kier alpha value is -0.590. The normalized spacial score (nSPS) is 27.8. The molecule has 1 unspecified atom stereocenters. The van der Waals surface area contributed by atoms with Gasteiger partial charge in [0.05, 0.1) is 0 Å². The van der Waals surface area contributed by atoms with Crippen molar-refractivity contribution in [2.24, 2.45) is 5.92 Å². The standard InChI is InChI=1S/C13H20O/c1-2-5-10-8-11-6-3-4-7-12(11)13(14)9-10/h10H,2-9H2,1H3. The van der Waals surface area contributed by atoms with Crippen LogP contribution in [0.25, 0.3) is 0 Å². The maximum absolute atomic E-state index is 11.9. The summed E-state index contributed by atoms with van der Waals surface area (Å²) < 4.78 is 0. The second-order valence-corrected chi connectivity index (χ2v) is 4.78. The second kappa shape index (κ2) is 4.29. The van der Waals surface area contributed by atoms with E-state index in [1.807, 2.05) is 0 Å². The molecule has 0 aromatic rings. The van der Waals surface area contributed by atoms with Crippen molar-refractivity contribution < 1.29 is 4.79 Å². The van der Waals surface area contributed by atoms with Gasteiger partial charge < -0.3 is 0 Å². The summed E-state index contributed by atoms with van der Waals surface area (Å²) in [6, 6.07) is 0. The van der Waals surface area contributed by atoms with Crippen LogP contribution in [-0.2, 0) is 4.79 Å². The summed E-state index contributed by atoms with van der Waals surface area (Å²) in [5.41, 5.74) is 2.74. The molecule has 0 fully saturated rings. The lowest BCUT2D eigenvalue weighted by molar-refractivity contribution is -0.117. The number of carbonyl (C=O) groups is 1. The van der Waals surface area contributed by atoms with E-state index in [2.05, 4.69) is 6.92 Å². The average molecular weight is 192 g/mol. The number of hydrogen-bond acceptors (Lipinski definition) is 1. The van der Waals surface area contributed by atoms with Crippen LogP contribution in [0, 0.1) is 5.92 Å². The molecule has 0 saturated heterocycles. The van der Waals surface area contributed by atoms with Crippen molar-refractivity contribution >= 4 is 5.78 Å². The van der Waals surface area contributed by atoms with Crippen LogP contribution in [0.4, 0.5) is 0 Å². The molecule has 1 nitrogen and oxygen atoms in total. The van der Waals surface area contributed by atoms with E-state index in [0.29, 0.717) is 11.7 Å². The highest BCUT2D eigenvalue weighted by molar-refractivity contribution is 5.97. The molecule has 0 N–H and O–H groups in total. The molecule has 14 heavy (non-hydrogen) atoms. The molecule has 1 heteroatoms. The lowest BCUT2D eigenvalue weighted by atomic mass is 9.75. The summed E-state index contributed by atoms with van der Waals surface area (Å²) in [5, 5.41) is 0. The fraction of sp³-hybridized carbons (Fsp3) is 0.769. The van der Waals surface area contributed by atoms with Gasteiger partial charge in [0.1, 0.15) is 0 Å². The first-order valence-electron chi connectivity index (χ1n) is 6.05. The first kappa shape index (κ1) is 9.95. The zero-order valence-corrected chi connectivity index (χ0v) is 9.14. The molecule has 0 heterocycles. The van der Waals surface area contributed by atoms with Gasteiger partial charge in [-0.2, -0.15) is 0 Å². The van der Waals surface area contributed by atoms with Gasteiger partial charge in [0.25, 0.3) is 0 Å². The fourth-order valence-corrected chi connectivity index (χ4v) is 2.95. The van der Waals surface area contributed by atoms with E-state index < -0.39 is 0 Å². The molecule has 0 bridgehead atoms. The SMILES string of the molecule is CCCC1CC(=O)C2=C(CCCC2)C1. The lowest BCUT2D eigenvalue weighted by Gasteiger charge is -2.29. The number of allylic oxidation sites excluding steroid dienone is 2. The van der Waals surface area contributed by atoms with Crippen molar-refractivity contribution in [3.8, 4) is 0 Å². The van der Waals surface area contributed by atoms with Crippen molar-refractivity contribution in [1.29, 1.82) is 0 Å². The summed E-state index contributed by atoms with van der Waals surface area (Å²) in [6.45, 7) is 2.22. The van der Waals surface area contributed by atoms with Crippen LogP contribution < -0.4 is 0 Å². The number of rotatable bonds is 2. The van der Waals surface area contributed by atoms with Gasteiger partial charge in [-0.05, 0) is 50.0 Å². The molecule has 0 aliphatic heterocycles. The van der Waals surface area contributed by atoms with Gasteiger partial charge in [-0.15, -0.1) is 0 Å². The Balaban J connectivity index is 2.11. The van der Waals surface area contributed by atoms with E-state index in [4.69, 9.17) is 0 Å². The van der Waals surface area contributed by atoms with Gasteiger partial charge in [-0.3, -0.25) is 4.79 Å². The van der Waals surface area contributed by atoms with E-state index in [0.717, 1.165) is 12.8 Å². The summed E-state index contributed by atoms with van der Waals surface area (Å²) in [5.74, 6) is 1.15. The third-order valence-electron chi connectivity index (χ3n) is 3.62. The predicted molar refractivity (Wildman–Crippen MR) is 58.1 cm³/mol. The van der Waals surface area contributed by atoms with Crippen LogP contribution in [0.5, 0.6) is 0 Å². The largest absolute Gasteiger partial charge is 0.295 e. The molecule has 0 radical (unpaired) electrons. The Morgan fingerprint density at radius 2 is 2.00 bits per heavy atom. The number of ketones is 1. The van der Waals surface area contributed by atoms with E-state index in [1.54, 1.807) is 0 Å². The monoisotopic (exact) mass is 192 g/mol. The Kier molecular flexibility index (Phi) is 3.05. The zero-order valence-electron chi connectivity index (χ0n) is 9.14. The molecular weight excluding hydrogens is 172 g/mol. The molecule has 2 rings (SSSR count). The van der Waals surface area contributed by atoms with Gasteiger partial charge in [-0.25, -0.2) is 0 Å². The average Bonchev–Trinajstić information content (AvgIpc) is 2.18. The molecule has 1 atom stereocenters. The number of carbonyl (C=O) groups excluding carboxylic acids is 1. The zero-order chi connectivity index (χ0) is 9.97. The highest BCUT2D eigenvalue weighted by Crippen LogP contribution is 2.37. The maximum Gasteiger partial charge on any atom is 0.159 e. The molecular formula is C13H20O. The van der Waals surface area contributed by atoms with E-state index in [1.165, 1.54) is 49.7 Å². The van der Waals surface area contributed by atoms with Gasteiger partial charge in [0.2, 0.25) is 0 Å². The topological polar surface area (TPSA) is 17.1 Å². The number of hydrogen-bond donors (Lipinski definition) is 0. The highest BCUT2D eigenvalue weighted by atomic mass is 16.1. The Bertz CT molecular complexity index is 262. The highest BCUT2D eigenvalue weighted by Gasteiger charge is 2.27. The quantitative estimate of drug-likeness (QED) is 0.653. The molecule has 0 spiro atoms. The third-order valence-corrected chi connectivity index (χ3v) is 3.62. The molecule has 0 saturated carbocycles. The summed E-state index contributed by atoms with van der Waals surface area (Å²) in [7, 11) is 0. The van der Waals surface area contributed by atoms with Crippen molar-refractivity contribution in [3.05, 3.63) is 11.1 Å². The summed E-state index contributed by atoms with van der Waals surface area (Å²) >= 11 is 0. The van der Waals surface area contributed by atoms with Crippen LogP contribution in [0.2, 0.25) is 0 Å². The van der Waals surface area contributed by atoms with Crippen molar-refractivity contribution in [2.45, 2.75) is 58.3 Å². The van der Waals surface area contributed by atoms with Crippen molar-refractivity contribution in [2.75, 3.05) is 0 Å². The van der Waals surface area contributed by atoms with Crippen molar-refractivity contribution in [1.82, 2.24) is 0 Å². The molecule has 0 aromatic carbocycles. The molecule has 2 aliphatic carbocycles. The first-order valence-corrected chi connectivity index (χ1v) is 6.05. The van der Waals surface area contributed by atoms with Gasteiger partial charge in [0, 0.05) is 6.42 Å². The van der Waals surface area contributed by atoms with Gasteiger partial charge in [-0.1, -0.05) is 18.9 Å². The minimum absolute atomic E-state index is 0.476. The van der Waals surface area contributed by atoms with E-state index >= 15 is 0 Å². The van der Waals surface area contributed by atoms with Crippen molar-refractivity contribution in [3.63, 3.8) is 0 Å². The molecule has 78 valence electrons. The van der Waals surface area contributed by atoms with Gasteiger partial charge in [0.15, 0.2) is 5.78 Å². The van der Waals surface area contributed by atoms with Crippen LogP contribution in [0.1, 0.15) is 58.3 Å². The summed E-state index contributed by atoms with van der Waals surface area (Å²) in [6.07, 6.45) is 9.37. The Morgan fingerprint density at radius 1 is 1.21 bits per heavy atom. The first-order chi connectivity index (χ1) is 6.81. The smallest absolute Gasteiger partial charge is 0.159 e. The summed E-state index contributed by atoms with van der Waals surface area (Å²) in [4.78, 5) is 11.9. The predicted octanol–water partition coefficient (Wildman–Crippen LogP) is 3.64. The second-order valence-electron chi connectivity index (χ2n) is 4.78. The maximum atomic E-state index is 11.9. The van der Waals surface area contributed by atoms with Crippen LogP contribution in [-0.4, -0.2) is 5.78 Å². The van der Waals surface area contributed by atoms with Crippen LogP contribution in [0.3, 0.4) is 0 Å². The van der Waals surface area contributed by atoms with E-state index in [9.17, 15) is 4.79 Å². The Labute approximate surface area is 86.6 Å². The van der Waals surface area contributed by atoms with E-state index in [-0.39, 0.29) is 0 Å². The lowest BCUT2D eigenvalue weighted by Crippen LogP contribution is -2.21. The molecule has 0 amide bonds. The van der Waals surface area contributed by atoms with Gasteiger partial charge >= 0.3 is 0 Å². The molecule has 2 aliphatic rings. The fourth-order valence-electron chi connectivity index (χ4n) is 2.95. The Morgan fingerprint density at radius 3 is 2.79 bits per heavy atom. The minimum Gasteiger partial charge on any atom is -0.295 e.